The zero-order valence-electron chi connectivity index (χ0n) is 7.99. The van der Waals surface area contributed by atoms with Crippen LogP contribution in [0.15, 0.2) is 41.3 Å². The van der Waals surface area contributed by atoms with E-state index in [1.54, 1.807) is 5.56 Å². The summed E-state index contributed by atoms with van der Waals surface area (Å²) in [6.07, 6.45) is 2.59. The highest BCUT2D eigenvalue weighted by molar-refractivity contribution is 7.99. The molecule has 0 N–H and O–H groups in total. The predicted octanol–water partition coefficient (Wildman–Crippen LogP) is 3.88. The fourth-order valence-corrected chi connectivity index (χ4v) is 3.28. The Balaban J connectivity index is 2.34. The zero-order valence-corrected chi connectivity index (χ0v) is 8.81. The van der Waals surface area contributed by atoms with Gasteiger partial charge in [0.1, 0.15) is 0 Å². The minimum absolute atomic E-state index is 1.26. The van der Waals surface area contributed by atoms with Crippen LogP contribution >= 0.6 is 11.8 Å². The van der Waals surface area contributed by atoms with E-state index in [4.69, 9.17) is 0 Å². The van der Waals surface area contributed by atoms with Crippen LogP contribution < -0.4 is 0 Å². The van der Waals surface area contributed by atoms with E-state index in [1.807, 2.05) is 11.8 Å². The molecule has 0 saturated carbocycles. The Labute approximate surface area is 88.3 Å². The second-order valence-electron chi connectivity index (χ2n) is 3.73. The van der Waals surface area contributed by atoms with Gasteiger partial charge < -0.3 is 0 Å². The van der Waals surface area contributed by atoms with E-state index >= 15 is 0 Å². The van der Waals surface area contributed by atoms with Crippen molar-refractivity contribution in [1.29, 1.82) is 0 Å². The number of hydrogen-bond donors (Lipinski definition) is 0. The summed E-state index contributed by atoms with van der Waals surface area (Å²) in [6, 6.07) is 13.2. The van der Waals surface area contributed by atoms with Gasteiger partial charge in [-0.1, -0.05) is 36.4 Å². The molecule has 1 aliphatic heterocycles. The lowest BCUT2D eigenvalue weighted by Crippen LogP contribution is -1.98. The molecule has 2 aromatic rings. The van der Waals surface area contributed by atoms with Crippen LogP contribution in [0.4, 0.5) is 0 Å². The van der Waals surface area contributed by atoms with E-state index in [1.165, 1.54) is 34.3 Å². The average Bonchev–Trinajstić information content (AvgIpc) is 2.29. The van der Waals surface area contributed by atoms with Gasteiger partial charge in [0.15, 0.2) is 0 Å². The molecule has 1 heteroatoms. The second kappa shape index (κ2) is 3.32. The summed E-state index contributed by atoms with van der Waals surface area (Å²) >= 11 is 2.02. The van der Waals surface area contributed by atoms with Gasteiger partial charge in [-0.05, 0) is 34.9 Å². The molecule has 0 aliphatic carbocycles. The van der Waals surface area contributed by atoms with Crippen LogP contribution in [-0.2, 0) is 6.42 Å². The lowest BCUT2D eigenvalue weighted by atomic mass is 10.0. The van der Waals surface area contributed by atoms with E-state index in [0.29, 0.717) is 0 Å². The van der Waals surface area contributed by atoms with Crippen molar-refractivity contribution >= 4 is 22.5 Å². The summed E-state index contributed by atoms with van der Waals surface area (Å²) in [5.74, 6) is 1.28. The topological polar surface area (TPSA) is 0 Å². The molecule has 0 aromatic heterocycles. The summed E-state index contributed by atoms with van der Waals surface area (Å²) in [5.41, 5.74) is 1.54. The summed E-state index contributed by atoms with van der Waals surface area (Å²) in [6.45, 7) is 0. The molecule has 0 fully saturated rings. The van der Waals surface area contributed by atoms with Crippen LogP contribution in [0, 0.1) is 0 Å². The Bertz CT molecular complexity index is 474. The molecule has 0 atom stereocenters. The van der Waals surface area contributed by atoms with Gasteiger partial charge in [0, 0.05) is 4.90 Å². The molecule has 0 radical (unpaired) electrons. The van der Waals surface area contributed by atoms with Crippen molar-refractivity contribution in [1.82, 2.24) is 0 Å². The van der Waals surface area contributed by atoms with Crippen LogP contribution in [0.25, 0.3) is 10.8 Å². The molecule has 0 nitrogen and oxygen atoms in total. The summed E-state index contributed by atoms with van der Waals surface area (Å²) in [5, 5.41) is 2.82. The molecule has 0 unspecified atom stereocenters. The van der Waals surface area contributed by atoms with Crippen molar-refractivity contribution in [3.8, 4) is 0 Å². The minimum atomic E-state index is 1.26. The highest BCUT2D eigenvalue weighted by Gasteiger charge is 2.11. The van der Waals surface area contributed by atoms with E-state index in [2.05, 4.69) is 36.4 Å². The fraction of sp³-hybridized carbons (Fsp3) is 0.231. The third kappa shape index (κ3) is 1.24. The van der Waals surface area contributed by atoms with Crippen molar-refractivity contribution < 1.29 is 0 Å². The summed E-state index contributed by atoms with van der Waals surface area (Å²) in [4.78, 5) is 1.52. The van der Waals surface area contributed by atoms with Crippen molar-refractivity contribution in [2.45, 2.75) is 17.7 Å². The number of fused-ring (bicyclic) bond motifs is 3. The Morgan fingerprint density at radius 2 is 1.93 bits per heavy atom. The van der Waals surface area contributed by atoms with Gasteiger partial charge in [-0.3, -0.25) is 0 Å². The van der Waals surface area contributed by atoms with Gasteiger partial charge in [0.25, 0.3) is 0 Å². The molecule has 1 aliphatic rings. The maximum Gasteiger partial charge on any atom is 0.0182 e. The number of thioether (sulfide) groups is 1. The zero-order chi connectivity index (χ0) is 9.38. The van der Waals surface area contributed by atoms with Gasteiger partial charge in [0.2, 0.25) is 0 Å². The number of rotatable bonds is 0. The lowest BCUT2D eigenvalue weighted by molar-refractivity contribution is 0.896. The van der Waals surface area contributed by atoms with Gasteiger partial charge >= 0.3 is 0 Å². The van der Waals surface area contributed by atoms with Crippen LogP contribution in [0.1, 0.15) is 12.0 Å². The molecule has 2 aromatic carbocycles. The van der Waals surface area contributed by atoms with Crippen molar-refractivity contribution in [3.05, 3.63) is 42.0 Å². The van der Waals surface area contributed by atoms with Crippen molar-refractivity contribution in [2.75, 3.05) is 5.75 Å². The Morgan fingerprint density at radius 3 is 2.93 bits per heavy atom. The smallest absolute Gasteiger partial charge is 0.0182 e. The second-order valence-corrected chi connectivity index (χ2v) is 4.83. The standard InChI is InChI=1S/C13H12S/c1-2-6-12-10(4-1)7-8-11-5-3-9-14-13(11)12/h1-2,4,6-8H,3,5,9H2. The first-order valence-corrected chi connectivity index (χ1v) is 6.07. The molecular formula is C13H12S. The van der Waals surface area contributed by atoms with E-state index in [-0.39, 0.29) is 0 Å². The number of benzene rings is 2. The molecule has 70 valence electrons. The van der Waals surface area contributed by atoms with Crippen molar-refractivity contribution in [2.24, 2.45) is 0 Å². The van der Waals surface area contributed by atoms with E-state index in [9.17, 15) is 0 Å². The fourth-order valence-electron chi connectivity index (χ4n) is 2.09. The first kappa shape index (κ1) is 8.37. The van der Waals surface area contributed by atoms with E-state index < -0.39 is 0 Å². The number of aryl methyl sites for hydroxylation is 1. The monoisotopic (exact) mass is 200 g/mol. The van der Waals surface area contributed by atoms with Crippen LogP contribution in [0.5, 0.6) is 0 Å². The van der Waals surface area contributed by atoms with Gasteiger partial charge in [-0.15, -0.1) is 11.8 Å². The van der Waals surface area contributed by atoms with Gasteiger partial charge in [-0.2, -0.15) is 0 Å². The Kier molecular flexibility index (Phi) is 1.98. The summed E-state index contributed by atoms with van der Waals surface area (Å²) in [7, 11) is 0. The first-order valence-electron chi connectivity index (χ1n) is 5.08. The number of hydrogen-bond acceptors (Lipinski definition) is 1. The van der Waals surface area contributed by atoms with Crippen LogP contribution in [0.3, 0.4) is 0 Å². The quantitative estimate of drug-likeness (QED) is 0.622. The molecule has 0 spiro atoms. The average molecular weight is 200 g/mol. The minimum Gasteiger partial charge on any atom is -0.125 e. The van der Waals surface area contributed by atoms with Crippen molar-refractivity contribution in [3.63, 3.8) is 0 Å². The molecule has 3 rings (SSSR count). The van der Waals surface area contributed by atoms with Crippen LogP contribution in [-0.4, -0.2) is 5.75 Å². The molecule has 14 heavy (non-hydrogen) atoms. The predicted molar refractivity (Wildman–Crippen MR) is 63.0 cm³/mol. The molecule has 0 amide bonds. The normalized spacial score (nSPS) is 15.4. The van der Waals surface area contributed by atoms with Gasteiger partial charge in [-0.25, -0.2) is 0 Å². The lowest BCUT2D eigenvalue weighted by Gasteiger charge is -2.16. The van der Waals surface area contributed by atoms with Gasteiger partial charge in [0.05, 0.1) is 0 Å². The first-order chi connectivity index (χ1) is 6.95. The maximum absolute atomic E-state index is 2.30. The third-order valence-corrected chi connectivity index (χ3v) is 4.06. The third-order valence-electron chi connectivity index (χ3n) is 2.80. The van der Waals surface area contributed by atoms with E-state index in [0.717, 1.165) is 0 Å². The molecule has 0 bridgehead atoms. The largest absolute Gasteiger partial charge is 0.125 e. The molecule has 1 heterocycles. The SMILES string of the molecule is c1ccc2c3c(ccc2c1)CCCS3. The Hall–Kier alpha value is -0.950. The maximum atomic E-state index is 2.30. The van der Waals surface area contributed by atoms with Crippen LogP contribution in [0.2, 0.25) is 0 Å². The Morgan fingerprint density at radius 1 is 1.00 bits per heavy atom. The highest BCUT2D eigenvalue weighted by Crippen LogP contribution is 2.35. The molecule has 0 saturated heterocycles. The summed E-state index contributed by atoms with van der Waals surface area (Å²) < 4.78 is 0. The highest BCUT2D eigenvalue weighted by atomic mass is 32.2. The molecular weight excluding hydrogens is 188 g/mol.